The second-order valence-corrected chi connectivity index (χ2v) is 6.29. The summed E-state index contributed by atoms with van der Waals surface area (Å²) in [6.45, 7) is 4.09. The SMILES string of the molecule is CCOc1cc(C#N)ccc1OS(=O)(=O)c1ccc(CC)cc1. The average Bonchev–Trinajstić information content (AvgIpc) is 2.56. The molecule has 5 nitrogen and oxygen atoms in total. The Bertz CT molecular complexity index is 821. The molecule has 0 aromatic heterocycles. The van der Waals surface area contributed by atoms with Crippen molar-refractivity contribution in [1.29, 1.82) is 5.26 Å². The van der Waals surface area contributed by atoms with Crippen LogP contribution in [0.5, 0.6) is 11.5 Å². The zero-order chi connectivity index (χ0) is 16.9. The molecule has 120 valence electrons. The second kappa shape index (κ2) is 7.16. The third-order valence-corrected chi connectivity index (χ3v) is 4.44. The van der Waals surface area contributed by atoms with Crippen molar-refractivity contribution in [2.75, 3.05) is 6.61 Å². The van der Waals surface area contributed by atoms with E-state index in [9.17, 15) is 8.42 Å². The molecule has 23 heavy (non-hydrogen) atoms. The second-order valence-electron chi connectivity index (χ2n) is 4.74. The first-order chi connectivity index (χ1) is 11.0. The highest BCUT2D eigenvalue weighted by Gasteiger charge is 2.19. The molecule has 0 heterocycles. The Morgan fingerprint density at radius 1 is 1.04 bits per heavy atom. The Balaban J connectivity index is 2.34. The number of hydrogen-bond donors (Lipinski definition) is 0. The first kappa shape index (κ1) is 16.8. The van der Waals surface area contributed by atoms with Gasteiger partial charge < -0.3 is 8.92 Å². The number of hydrogen-bond acceptors (Lipinski definition) is 5. The van der Waals surface area contributed by atoms with Crippen LogP contribution in [-0.4, -0.2) is 15.0 Å². The standard InChI is InChI=1S/C17H17NO4S/c1-3-13-5-8-15(9-6-13)23(19,20)22-16-10-7-14(12-18)11-17(16)21-4-2/h5-11H,3-4H2,1-2H3. The molecule has 0 aliphatic carbocycles. The summed E-state index contributed by atoms with van der Waals surface area (Å²) in [4.78, 5) is 0.0708. The van der Waals surface area contributed by atoms with Gasteiger partial charge in [0.2, 0.25) is 0 Å². The van der Waals surface area contributed by atoms with Crippen molar-refractivity contribution < 1.29 is 17.3 Å². The lowest BCUT2D eigenvalue weighted by Gasteiger charge is -2.12. The fourth-order valence-corrected chi connectivity index (χ4v) is 2.91. The van der Waals surface area contributed by atoms with Crippen molar-refractivity contribution in [2.24, 2.45) is 0 Å². The van der Waals surface area contributed by atoms with Crippen molar-refractivity contribution in [3.05, 3.63) is 53.6 Å². The summed E-state index contributed by atoms with van der Waals surface area (Å²) in [6.07, 6.45) is 0.825. The van der Waals surface area contributed by atoms with E-state index in [0.29, 0.717) is 12.2 Å². The van der Waals surface area contributed by atoms with Crippen LogP contribution in [0.15, 0.2) is 47.4 Å². The molecule has 0 spiro atoms. The molecule has 0 saturated carbocycles. The zero-order valence-corrected chi connectivity index (χ0v) is 13.8. The van der Waals surface area contributed by atoms with Gasteiger partial charge in [0.15, 0.2) is 11.5 Å². The number of benzene rings is 2. The van der Waals surface area contributed by atoms with Crippen molar-refractivity contribution in [1.82, 2.24) is 0 Å². The molecule has 2 aromatic rings. The van der Waals surface area contributed by atoms with Crippen LogP contribution in [0.25, 0.3) is 0 Å². The molecular formula is C17H17NO4S. The summed E-state index contributed by atoms with van der Waals surface area (Å²) in [6, 6.07) is 12.8. The molecule has 0 aliphatic rings. The van der Waals surface area contributed by atoms with E-state index in [4.69, 9.17) is 14.2 Å². The number of aryl methyl sites for hydroxylation is 1. The lowest BCUT2D eigenvalue weighted by atomic mass is 10.2. The predicted molar refractivity (Wildman–Crippen MR) is 86.0 cm³/mol. The maximum absolute atomic E-state index is 12.4. The number of nitriles is 1. The summed E-state index contributed by atoms with van der Waals surface area (Å²) in [5, 5.41) is 8.92. The Hall–Kier alpha value is -2.52. The Morgan fingerprint density at radius 2 is 1.74 bits per heavy atom. The monoisotopic (exact) mass is 331 g/mol. The molecule has 0 atom stereocenters. The number of rotatable bonds is 6. The van der Waals surface area contributed by atoms with Crippen molar-refractivity contribution >= 4 is 10.1 Å². The zero-order valence-electron chi connectivity index (χ0n) is 12.9. The molecule has 0 N–H and O–H groups in total. The molecule has 0 fully saturated rings. The molecule has 0 bridgehead atoms. The summed E-state index contributed by atoms with van der Waals surface area (Å²) < 4.78 is 35.3. The lowest BCUT2D eigenvalue weighted by molar-refractivity contribution is 0.327. The topological polar surface area (TPSA) is 76.4 Å². The first-order valence-corrected chi connectivity index (χ1v) is 8.61. The van der Waals surface area contributed by atoms with Gasteiger partial charge in [0.1, 0.15) is 4.90 Å². The summed E-state index contributed by atoms with van der Waals surface area (Å²) >= 11 is 0. The minimum atomic E-state index is -3.96. The molecule has 2 aromatic carbocycles. The van der Waals surface area contributed by atoms with Crippen molar-refractivity contribution in [3.8, 4) is 17.6 Å². The Labute approximate surface area is 136 Å². The third-order valence-electron chi connectivity index (χ3n) is 3.19. The van der Waals surface area contributed by atoms with Gasteiger partial charge in [-0.05, 0) is 43.2 Å². The van der Waals surface area contributed by atoms with Crippen molar-refractivity contribution in [2.45, 2.75) is 25.2 Å². The predicted octanol–water partition coefficient (Wildman–Crippen LogP) is 3.29. The summed E-state index contributed by atoms with van der Waals surface area (Å²) in [5.41, 5.74) is 1.41. The van der Waals surface area contributed by atoms with E-state index in [2.05, 4.69) is 0 Å². The van der Waals surface area contributed by atoms with Gasteiger partial charge in [-0.2, -0.15) is 13.7 Å². The maximum Gasteiger partial charge on any atom is 0.339 e. The van der Waals surface area contributed by atoms with Gasteiger partial charge in [0, 0.05) is 6.07 Å². The van der Waals surface area contributed by atoms with E-state index < -0.39 is 10.1 Å². The van der Waals surface area contributed by atoms with Crippen LogP contribution in [0.3, 0.4) is 0 Å². The van der Waals surface area contributed by atoms with Gasteiger partial charge in [0.05, 0.1) is 18.2 Å². The highest BCUT2D eigenvalue weighted by molar-refractivity contribution is 7.87. The van der Waals surface area contributed by atoms with E-state index in [0.717, 1.165) is 12.0 Å². The van der Waals surface area contributed by atoms with E-state index in [-0.39, 0.29) is 16.4 Å². The van der Waals surface area contributed by atoms with Gasteiger partial charge >= 0.3 is 10.1 Å². The van der Waals surface area contributed by atoms with Crippen LogP contribution in [0.4, 0.5) is 0 Å². The fourth-order valence-electron chi connectivity index (χ4n) is 1.97. The average molecular weight is 331 g/mol. The molecule has 2 rings (SSSR count). The fraction of sp³-hybridized carbons (Fsp3) is 0.235. The normalized spacial score (nSPS) is 10.8. The van der Waals surface area contributed by atoms with Gasteiger partial charge in [-0.15, -0.1) is 0 Å². The molecule has 0 aliphatic heterocycles. The van der Waals surface area contributed by atoms with E-state index in [1.807, 2.05) is 13.0 Å². The quantitative estimate of drug-likeness (QED) is 0.759. The lowest BCUT2D eigenvalue weighted by Crippen LogP contribution is -2.11. The highest BCUT2D eigenvalue weighted by atomic mass is 32.2. The van der Waals surface area contributed by atoms with Crippen LogP contribution in [-0.2, 0) is 16.5 Å². The summed E-state index contributed by atoms with van der Waals surface area (Å²) in [5.74, 6) is 0.283. The van der Waals surface area contributed by atoms with Crippen LogP contribution in [0.1, 0.15) is 25.0 Å². The van der Waals surface area contributed by atoms with Gasteiger partial charge in [-0.1, -0.05) is 19.1 Å². The van der Waals surface area contributed by atoms with Gasteiger partial charge in [-0.3, -0.25) is 0 Å². The van der Waals surface area contributed by atoms with Crippen LogP contribution < -0.4 is 8.92 Å². The third kappa shape index (κ3) is 4.02. The van der Waals surface area contributed by atoms with Crippen LogP contribution in [0, 0.1) is 11.3 Å². The van der Waals surface area contributed by atoms with Gasteiger partial charge in [-0.25, -0.2) is 0 Å². The Morgan fingerprint density at radius 3 is 2.30 bits per heavy atom. The largest absolute Gasteiger partial charge is 0.490 e. The maximum atomic E-state index is 12.4. The molecule has 0 amide bonds. The minimum absolute atomic E-state index is 0.0606. The summed E-state index contributed by atoms with van der Waals surface area (Å²) in [7, 11) is -3.96. The van der Waals surface area contributed by atoms with E-state index in [1.54, 1.807) is 19.1 Å². The van der Waals surface area contributed by atoms with Gasteiger partial charge in [0.25, 0.3) is 0 Å². The van der Waals surface area contributed by atoms with Crippen LogP contribution in [0.2, 0.25) is 0 Å². The minimum Gasteiger partial charge on any atom is -0.490 e. The Kier molecular flexibility index (Phi) is 5.24. The first-order valence-electron chi connectivity index (χ1n) is 7.20. The number of nitrogens with zero attached hydrogens (tertiary/aromatic N) is 1. The molecular weight excluding hydrogens is 314 g/mol. The van der Waals surface area contributed by atoms with Crippen LogP contribution >= 0.6 is 0 Å². The molecule has 6 heteroatoms. The van der Waals surface area contributed by atoms with Crippen molar-refractivity contribution in [3.63, 3.8) is 0 Å². The molecule has 0 saturated heterocycles. The molecule has 0 unspecified atom stereocenters. The van der Waals surface area contributed by atoms with E-state index in [1.165, 1.54) is 30.3 Å². The van der Waals surface area contributed by atoms with E-state index >= 15 is 0 Å². The smallest absolute Gasteiger partial charge is 0.339 e. The highest BCUT2D eigenvalue weighted by Crippen LogP contribution is 2.31. The molecule has 0 radical (unpaired) electrons. The number of ether oxygens (including phenoxy) is 1.